The Bertz CT molecular complexity index is 4840. The van der Waals surface area contributed by atoms with E-state index in [9.17, 15) is 22.0 Å². The molecule has 14 rings (SSSR count). The molecule has 8 nitrogen and oxygen atoms in total. The van der Waals surface area contributed by atoms with Crippen LogP contribution in [-0.4, -0.2) is 27.5 Å². The Balaban J connectivity index is 0.000000150. The van der Waals surface area contributed by atoms with Crippen LogP contribution in [0.3, 0.4) is 0 Å². The Kier molecular flexibility index (Phi) is 12.1. The fraction of sp³-hybridized carbons (Fsp3) is 0. The lowest BCUT2D eigenvalue weighted by atomic mass is 9.95. The summed E-state index contributed by atoms with van der Waals surface area (Å²) in [5.41, 5.74) is 11.2. The fourth-order valence-electron chi connectivity index (χ4n) is 10.2. The summed E-state index contributed by atoms with van der Waals surface area (Å²) in [5, 5.41) is 24.0. The predicted octanol–water partition coefficient (Wildman–Crippen LogP) is 17.2. The van der Waals surface area contributed by atoms with Crippen molar-refractivity contribution >= 4 is 88.9 Å². The van der Waals surface area contributed by atoms with Gasteiger partial charge in [-0.3, -0.25) is 0 Å². The van der Waals surface area contributed by atoms with Crippen LogP contribution in [0.25, 0.3) is 132 Å². The Morgan fingerprint density at radius 2 is 0.759 bits per heavy atom. The van der Waals surface area contributed by atoms with E-state index >= 15 is 0 Å². The van der Waals surface area contributed by atoms with Gasteiger partial charge in [-0.1, -0.05) is 133 Å². The number of nitriles is 2. The molecule has 0 aliphatic heterocycles. The number of hydrogen-bond acceptors (Lipinski definition) is 10. The fourth-order valence-corrected chi connectivity index (χ4v) is 11.3. The van der Waals surface area contributed by atoms with Gasteiger partial charge in [-0.2, -0.15) is 28.0 Å². The number of nitrogens with zero attached hydrogens (tertiary/aromatic N) is 8. The molecule has 0 aliphatic rings. The third-order valence-electron chi connectivity index (χ3n) is 13.9. The Morgan fingerprint density at radius 1 is 0.342 bits per heavy atom. The monoisotopic (exact) mass is 1070 g/mol. The summed E-state index contributed by atoms with van der Waals surface area (Å²) in [6.45, 7) is 0. The molecule has 10 aromatic carbocycles. The Labute approximate surface area is 453 Å². The quantitative estimate of drug-likeness (QED) is 0.119. The lowest BCUT2D eigenvalue weighted by Crippen LogP contribution is -1.98. The van der Waals surface area contributed by atoms with Gasteiger partial charge < -0.3 is 0 Å². The summed E-state index contributed by atoms with van der Waals surface area (Å²) >= 11 is 2.36. The summed E-state index contributed by atoms with van der Waals surface area (Å²) < 4.78 is 90.2. The lowest BCUT2D eigenvalue weighted by Gasteiger charge is -2.12. The van der Waals surface area contributed by atoms with E-state index in [2.05, 4.69) is 23.6 Å². The molecule has 0 saturated heterocycles. The van der Waals surface area contributed by atoms with E-state index in [1.807, 2.05) is 127 Å². The molecule has 4 aromatic heterocycles. The van der Waals surface area contributed by atoms with E-state index in [4.69, 9.17) is 20.5 Å². The van der Waals surface area contributed by atoms with Gasteiger partial charge in [0.1, 0.15) is 57.0 Å². The molecule has 0 fully saturated rings. The zero-order valence-corrected chi connectivity index (χ0v) is 42.3. The van der Waals surface area contributed by atoms with Crippen molar-refractivity contribution in [1.29, 1.82) is 10.5 Å². The highest BCUT2D eigenvalue weighted by Crippen LogP contribution is 2.41. The maximum absolute atomic E-state index is 14.8. The van der Waals surface area contributed by atoms with Gasteiger partial charge in [-0.15, -0.1) is 0 Å². The summed E-state index contributed by atoms with van der Waals surface area (Å²) in [6, 6.07) is 59.5. The van der Waals surface area contributed by atoms with Crippen molar-refractivity contribution < 1.29 is 22.0 Å². The predicted molar refractivity (Wildman–Crippen MR) is 302 cm³/mol. The van der Waals surface area contributed by atoms with E-state index in [-0.39, 0.29) is 16.7 Å². The SMILES string of the molecule is N#Cc1c(F)cc(F)c(-c2ccc(-c3ccc4c(c3)nc(-c3ccccc3)c3ccc5nsnc5c34)cc2)c1F.N#Cc1cc(F)c(-c2ccc(-c3ccc4c(c3)nc(-c3ccccc3)c3ccc5nsnc5c34)cc2)c(F)c1. The number of pyridine rings is 2. The molecule has 0 bridgehead atoms. The molecule has 0 aliphatic carbocycles. The molecule has 0 spiro atoms. The second kappa shape index (κ2) is 19.7. The average molecular weight is 1070 g/mol. The number of hydrogen-bond donors (Lipinski definition) is 0. The minimum absolute atomic E-state index is 0.0536. The number of rotatable bonds is 6. The molecule has 0 saturated carbocycles. The molecule has 0 N–H and O–H groups in total. The van der Waals surface area contributed by atoms with Crippen LogP contribution < -0.4 is 0 Å². The van der Waals surface area contributed by atoms with Crippen molar-refractivity contribution in [3.8, 4) is 79.2 Å². The van der Waals surface area contributed by atoms with Gasteiger partial charge in [-0.05, 0) is 81.9 Å². The molecule has 374 valence electrons. The van der Waals surface area contributed by atoms with Crippen molar-refractivity contribution in [2.75, 3.05) is 0 Å². The maximum atomic E-state index is 14.8. The second-order valence-electron chi connectivity index (χ2n) is 18.5. The minimum Gasteiger partial charge on any atom is -0.247 e. The van der Waals surface area contributed by atoms with Crippen LogP contribution in [0.15, 0.2) is 188 Å². The third-order valence-corrected chi connectivity index (χ3v) is 15.0. The molecule has 0 unspecified atom stereocenters. The highest BCUT2D eigenvalue weighted by molar-refractivity contribution is 7.00. The highest BCUT2D eigenvalue weighted by atomic mass is 32.1. The zero-order valence-electron chi connectivity index (χ0n) is 40.7. The zero-order chi connectivity index (χ0) is 53.9. The van der Waals surface area contributed by atoms with Crippen molar-refractivity contribution in [2.24, 2.45) is 0 Å². The van der Waals surface area contributed by atoms with Crippen LogP contribution in [0.5, 0.6) is 0 Å². The first-order valence-electron chi connectivity index (χ1n) is 24.4. The Hall–Kier alpha value is -10.2. The smallest absolute Gasteiger partial charge is 0.154 e. The van der Waals surface area contributed by atoms with Crippen LogP contribution in [0.2, 0.25) is 0 Å². The minimum atomic E-state index is -1.23. The molecule has 4 heterocycles. The molecule has 0 atom stereocenters. The summed E-state index contributed by atoms with van der Waals surface area (Å²) in [4.78, 5) is 10.1. The average Bonchev–Trinajstić information content (AvgIpc) is 4.34. The molecular weight excluding hydrogens is 1040 g/mol. The van der Waals surface area contributed by atoms with Gasteiger partial charge >= 0.3 is 0 Å². The molecule has 14 aromatic rings. The maximum Gasteiger partial charge on any atom is 0.154 e. The first-order chi connectivity index (χ1) is 38.6. The molecular formula is C64H31F5N8S2. The molecule has 79 heavy (non-hydrogen) atoms. The van der Waals surface area contributed by atoms with Gasteiger partial charge in [0, 0.05) is 49.5 Å². The van der Waals surface area contributed by atoms with Gasteiger partial charge in [0.15, 0.2) is 5.82 Å². The number of aromatic nitrogens is 6. The standard InChI is InChI=1S/C32H15F3N4S.C32H16F2N4S/c33-24-15-25(34)28(30(35)23(24)16-36)18-8-6-17(7-9-18)20-10-11-21-27(14-20)37-31(19-4-2-1-3-5-19)22-12-13-26-32(29(21)22)39-40-38-26;33-25-14-18(17-35)15-26(34)29(25)20-8-6-19(7-9-20)22-10-11-23-28(16-22)36-31(21-4-2-1-3-5-21)24-12-13-27-32(30(23)24)38-39-37-27/h1-15H;1-16H. The second-order valence-corrected chi connectivity index (χ2v) is 19.5. The van der Waals surface area contributed by atoms with Crippen LogP contribution in [0.4, 0.5) is 22.0 Å². The van der Waals surface area contributed by atoms with Crippen molar-refractivity contribution in [3.05, 3.63) is 228 Å². The van der Waals surface area contributed by atoms with Gasteiger partial charge in [0.05, 0.1) is 68.6 Å². The van der Waals surface area contributed by atoms with E-state index in [0.29, 0.717) is 11.6 Å². The molecule has 15 heteroatoms. The third kappa shape index (κ3) is 8.51. The normalized spacial score (nSPS) is 11.3. The van der Waals surface area contributed by atoms with E-state index in [1.165, 1.54) is 29.5 Å². The number of benzene rings is 10. The topological polar surface area (TPSA) is 125 Å². The number of halogens is 5. The van der Waals surface area contributed by atoms with Gasteiger partial charge in [-0.25, -0.2) is 31.9 Å². The van der Waals surface area contributed by atoms with Crippen molar-refractivity contribution in [3.63, 3.8) is 0 Å². The lowest BCUT2D eigenvalue weighted by molar-refractivity contribution is 0.543. The van der Waals surface area contributed by atoms with Gasteiger partial charge in [0.2, 0.25) is 0 Å². The van der Waals surface area contributed by atoms with Crippen molar-refractivity contribution in [2.45, 2.75) is 0 Å². The van der Waals surface area contributed by atoms with Gasteiger partial charge in [0.25, 0.3) is 0 Å². The first kappa shape index (κ1) is 48.5. The van der Waals surface area contributed by atoms with E-state index in [0.717, 1.165) is 122 Å². The molecule has 0 radical (unpaired) electrons. The van der Waals surface area contributed by atoms with Crippen LogP contribution >= 0.6 is 23.5 Å². The summed E-state index contributed by atoms with van der Waals surface area (Å²) in [6.07, 6.45) is 0. The highest BCUT2D eigenvalue weighted by Gasteiger charge is 2.22. The Morgan fingerprint density at radius 3 is 1.22 bits per heavy atom. The summed E-state index contributed by atoms with van der Waals surface area (Å²) in [7, 11) is 0. The van der Waals surface area contributed by atoms with Crippen molar-refractivity contribution in [1.82, 2.24) is 27.5 Å². The largest absolute Gasteiger partial charge is 0.247 e. The number of fused-ring (bicyclic) bond motifs is 10. The van der Waals surface area contributed by atoms with E-state index in [1.54, 1.807) is 42.5 Å². The van der Waals surface area contributed by atoms with Crippen LogP contribution in [0, 0.1) is 51.7 Å². The van der Waals surface area contributed by atoms with E-state index < -0.39 is 40.2 Å². The van der Waals surface area contributed by atoms with Crippen LogP contribution in [-0.2, 0) is 0 Å². The van der Waals surface area contributed by atoms with Crippen LogP contribution in [0.1, 0.15) is 11.1 Å². The molecule has 0 amide bonds. The summed E-state index contributed by atoms with van der Waals surface area (Å²) in [5.74, 6) is -5.05. The first-order valence-corrected chi connectivity index (χ1v) is 25.9.